The van der Waals surface area contributed by atoms with Gasteiger partial charge in [-0.3, -0.25) is 9.59 Å². The summed E-state index contributed by atoms with van der Waals surface area (Å²) in [5.41, 5.74) is 5.50. The third kappa shape index (κ3) is 5.04. The fourth-order valence-corrected chi connectivity index (χ4v) is 3.65. The van der Waals surface area contributed by atoms with Crippen LogP contribution >= 0.6 is 11.3 Å². The average Bonchev–Trinajstić information content (AvgIpc) is 3.12. The summed E-state index contributed by atoms with van der Waals surface area (Å²) < 4.78 is 5.11. The number of amides is 1. The zero-order chi connectivity index (χ0) is 20.1. The van der Waals surface area contributed by atoms with Crippen molar-refractivity contribution in [2.45, 2.75) is 27.2 Å². The largest absolute Gasteiger partial charge is 0.455 e. The molecule has 0 fully saturated rings. The zero-order valence-corrected chi connectivity index (χ0v) is 16.9. The maximum atomic E-state index is 12.1. The van der Waals surface area contributed by atoms with Crippen LogP contribution in [0.3, 0.4) is 0 Å². The van der Waals surface area contributed by atoms with E-state index in [9.17, 15) is 9.59 Å². The van der Waals surface area contributed by atoms with Crippen molar-refractivity contribution in [1.29, 1.82) is 0 Å². The van der Waals surface area contributed by atoms with Gasteiger partial charge in [0.15, 0.2) is 6.61 Å². The van der Waals surface area contributed by atoms with Crippen LogP contribution in [0.2, 0.25) is 0 Å². The van der Waals surface area contributed by atoms with Crippen LogP contribution in [-0.4, -0.2) is 23.5 Å². The number of carbonyl (C=O) groups is 2. The van der Waals surface area contributed by atoms with E-state index in [0.717, 1.165) is 32.9 Å². The number of aromatic nitrogens is 1. The SMILES string of the molecule is Cc1cccc(-c2nc(CC(=O)OCC(=O)Nc3c(C)cccc3C)cs2)c1. The Morgan fingerprint density at radius 1 is 1.07 bits per heavy atom. The van der Waals surface area contributed by atoms with E-state index in [1.165, 1.54) is 11.3 Å². The summed E-state index contributed by atoms with van der Waals surface area (Å²) in [7, 11) is 0. The van der Waals surface area contributed by atoms with Gasteiger partial charge < -0.3 is 10.1 Å². The molecule has 0 saturated heterocycles. The quantitative estimate of drug-likeness (QED) is 0.627. The van der Waals surface area contributed by atoms with Gasteiger partial charge >= 0.3 is 5.97 Å². The maximum absolute atomic E-state index is 12.1. The Labute approximate surface area is 168 Å². The van der Waals surface area contributed by atoms with E-state index in [2.05, 4.69) is 16.4 Å². The number of anilines is 1. The number of carbonyl (C=O) groups excluding carboxylic acids is 2. The monoisotopic (exact) mass is 394 g/mol. The lowest BCUT2D eigenvalue weighted by molar-refractivity contribution is -0.146. The van der Waals surface area contributed by atoms with Crippen molar-refractivity contribution in [1.82, 2.24) is 4.98 Å². The molecule has 0 saturated carbocycles. The van der Waals surface area contributed by atoms with Crippen LogP contribution in [0.4, 0.5) is 5.69 Å². The fourth-order valence-electron chi connectivity index (χ4n) is 2.83. The fraction of sp³-hybridized carbons (Fsp3) is 0.227. The summed E-state index contributed by atoms with van der Waals surface area (Å²) in [4.78, 5) is 28.7. The summed E-state index contributed by atoms with van der Waals surface area (Å²) in [6.07, 6.45) is 0.0407. The third-order valence-corrected chi connectivity index (χ3v) is 5.19. The highest BCUT2D eigenvalue weighted by atomic mass is 32.1. The number of nitrogens with one attached hydrogen (secondary N) is 1. The van der Waals surface area contributed by atoms with E-state index < -0.39 is 5.97 Å². The molecule has 3 rings (SSSR count). The Hall–Kier alpha value is -2.99. The Bertz CT molecular complexity index is 990. The molecule has 1 amide bonds. The standard InChI is InChI=1S/C22H22N2O3S/c1-14-6-4-9-17(10-14)22-23-18(13-28-22)11-20(26)27-12-19(25)24-21-15(2)7-5-8-16(21)3/h4-10,13H,11-12H2,1-3H3,(H,24,25). The first kappa shape index (κ1) is 19.8. The van der Waals surface area contributed by atoms with E-state index >= 15 is 0 Å². The molecular formula is C22H22N2O3S. The highest BCUT2D eigenvalue weighted by Crippen LogP contribution is 2.24. The molecule has 0 aliphatic carbocycles. The normalized spacial score (nSPS) is 10.5. The van der Waals surface area contributed by atoms with Crippen LogP contribution in [0.15, 0.2) is 47.8 Å². The molecule has 1 aromatic heterocycles. The summed E-state index contributed by atoms with van der Waals surface area (Å²) in [6.45, 7) is 5.55. The van der Waals surface area contributed by atoms with Gasteiger partial charge in [0.05, 0.1) is 12.1 Å². The predicted molar refractivity (Wildman–Crippen MR) is 111 cm³/mol. The molecule has 0 aliphatic heterocycles. The number of aryl methyl sites for hydroxylation is 3. The topological polar surface area (TPSA) is 68.3 Å². The number of para-hydroxylation sites is 1. The molecule has 2 aromatic carbocycles. The number of esters is 1. The van der Waals surface area contributed by atoms with Crippen molar-refractivity contribution in [3.05, 3.63) is 70.2 Å². The van der Waals surface area contributed by atoms with Crippen LogP contribution in [0.25, 0.3) is 10.6 Å². The first-order chi connectivity index (χ1) is 13.4. The summed E-state index contributed by atoms with van der Waals surface area (Å²) >= 11 is 1.48. The number of thiazole rings is 1. The van der Waals surface area contributed by atoms with Gasteiger partial charge in [-0.1, -0.05) is 42.0 Å². The van der Waals surface area contributed by atoms with Gasteiger partial charge in [0, 0.05) is 16.6 Å². The Morgan fingerprint density at radius 2 is 1.79 bits per heavy atom. The molecule has 0 aliphatic rings. The predicted octanol–water partition coefficient (Wildman–Crippen LogP) is 4.46. The second kappa shape index (κ2) is 8.80. The molecular weight excluding hydrogens is 372 g/mol. The Kier molecular flexibility index (Phi) is 6.21. The van der Waals surface area contributed by atoms with Gasteiger partial charge in [-0.25, -0.2) is 4.98 Å². The van der Waals surface area contributed by atoms with Crippen molar-refractivity contribution < 1.29 is 14.3 Å². The van der Waals surface area contributed by atoms with E-state index in [1.807, 2.05) is 62.5 Å². The summed E-state index contributed by atoms with van der Waals surface area (Å²) in [5.74, 6) is -0.831. The van der Waals surface area contributed by atoms with Crippen LogP contribution in [0.1, 0.15) is 22.4 Å². The lowest BCUT2D eigenvalue weighted by Gasteiger charge is -2.11. The number of ether oxygens (including phenoxy) is 1. The van der Waals surface area contributed by atoms with Gasteiger partial charge in [0.2, 0.25) is 0 Å². The van der Waals surface area contributed by atoms with Crippen LogP contribution in [0.5, 0.6) is 0 Å². The minimum Gasteiger partial charge on any atom is -0.455 e. The molecule has 0 unspecified atom stereocenters. The van der Waals surface area contributed by atoms with Crippen molar-refractivity contribution in [3.8, 4) is 10.6 Å². The van der Waals surface area contributed by atoms with E-state index in [1.54, 1.807) is 0 Å². The highest BCUT2D eigenvalue weighted by molar-refractivity contribution is 7.13. The van der Waals surface area contributed by atoms with Gasteiger partial charge in [-0.05, 0) is 38.0 Å². The van der Waals surface area contributed by atoms with Crippen molar-refractivity contribution in [2.75, 3.05) is 11.9 Å². The maximum Gasteiger partial charge on any atom is 0.312 e. The molecule has 0 bridgehead atoms. The number of hydrogen-bond acceptors (Lipinski definition) is 5. The molecule has 28 heavy (non-hydrogen) atoms. The van der Waals surface area contributed by atoms with Crippen molar-refractivity contribution >= 4 is 28.9 Å². The smallest absolute Gasteiger partial charge is 0.312 e. The average molecular weight is 394 g/mol. The lowest BCUT2D eigenvalue weighted by Crippen LogP contribution is -2.22. The van der Waals surface area contributed by atoms with E-state index in [0.29, 0.717) is 5.69 Å². The Balaban J connectivity index is 1.53. The molecule has 0 spiro atoms. The number of hydrogen-bond donors (Lipinski definition) is 1. The number of nitrogens with zero attached hydrogens (tertiary/aromatic N) is 1. The summed E-state index contributed by atoms with van der Waals surface area (Å²) in [5, 5.41) is 5.50. The minimum atomic E-state index is -0.474. The molecule has 6 heteroatoms. The van der Waals surface area contributed by atoms with Crippen LogP contribution in [-0.2, 0) is 20.7 Å². The van der Waals surface area contributed by atoms with Gasteiger partial charge in [-0.2, -0.15) is 0 Å². The number of benzene rings is 2. The van der Waals surface area contributed by atoms with Gasteiger partial charge in [0.25, 0.3) is 5.91 Å². The first-order valence-corrected chi connectivity index (χ1v) is 9.83. The molecule has 0 radical (unpaired) electrons. The molecule has 3 aromatic rings. The van der Waals surface area contributed by atoms with Gasteiger partial charge in [0.1, 0.15) is 5.01 Å². The minimum absolute atomic E-state index is 0.0407. The molecule has 0 atom stereocenters. The van der Waals surface area contributed by atoms with Crippen LogP contribution < -0.4 is 5.32 Å². The van der Waals surface area contributed by atoms with Crippen molar-refractivity contribution in [2.24, 2.45) is 0 Å². The van der Waals surface area contributed by atoms with E-state index in [4.69, 9.17) is 4.74 Å². The molecule has 1 heterocycles. The molecule has 144 valence electrons. The zero-order valence-electron chi connectivity index (χ0n) is 16.1. The summed E-state index contributed by atoms with van der Waals surface area (Å²) in [6, 6.07) is 13.8. The number of rotatable bonds is 6. The third-order valence-electron chi connectivity index (χ3n) is 4.25. The highest BCUT2D eigenvalue weighted by Gasteiger charge is 2.13. The second-order valence-electron chi connectivity index (χ2n) is 6.67. The van der Waals surface area contributed by atoms with Crippen molar-refractivity contribution in [3.63, 3.8) is 0 Å². The molecule has 5 nitrogen and oxygen atoms in total. The molecule has 1 N–H and O–H groups in total. The second-order valence-corrected chi connectivity index (χ2v) is 7.52. The van der Waals surface area contributed by atoms with Crippen LogP contribution in [0, 0.1) is 20.8 Å². The Morgan fingerprint density at radius 3 is 2.50 bits per heavy atom. The van der Waals surface area contributed by atoms with Gasteiger partial charge in [-0.15, -0.1) is 11.3 Å². The lowest BCUT2D eigenvalue weighted by atomic mass is 10.1. The van der Waals surface area contributed by atoms with E-state index in [-0.39, 0.29) is 18.9 Å². The first-order valence-electron chi connectivity index (χ1n) is 8.95.